The van der Waals surface area contributed by atoms with E-state index >= 15 is 0 Å². The van der Waals surface area contributed by atoms with E-state index in [4.69, 9.17) is 0 Å². The quantitative estimate of drug-likeness (QED) is 0.354. The summed E-state index contributed by atoms with van der Waals surface area (Å²) in [6.45, 7) is 11.3. The predicted octanol–water partition coefficient (Wildman–Crippen LogP) is 5.90. The van der Waals surface area contributed by atoms with Crippen molar-refractivity contribution >= 4 is 0 Å². The molecule has 0 radical (unpaired) electrons. The van der Waals surface area contributed by atoms with Gasteiger partial charge in [-0.3, -0.25) is 0 Å². The van der Waals surface area contributed by atoms with E-state index in [0.717, 1.165) is 5.92 Å². The lowest BCUT2D eigenvalue weighted by atomic mass is 9.92. The first-order valence-corrected chi connectivity index (χ1v) is 6.97. The number of unbranched alkanes of at least 4 members (excludes halogenated alkanes) is 3. The van der Waals surface area contributed by atoms with E-state index in [0.29, 0.717) is 0 Å². The topological polar surface area (TPSA) is 0 Å². The average molecular weight is 222 g/mol. The maximum Gasteiger partial charge on any atom is -0.0191 e. The van der Waals surface area contributed by atoms with Gasteiger partial charge in [0.25, 0.3) is 0 Å². The summed E-state index contributed by atoms with van der Waals surface area (Å²) >= 11 is 0. The second kappa shape index (κ2) is 9.69. The summed E-state index contributed by atoms with van der Waals surface area (Å²) < 4.78 is 0. The molecule has 0 heterocycles. The van der Waals surface area contributed by atoms with Crippen molar-refractivity contribution < 1.29 is 0 Å². The fourth-order valence-electron chi connectivity index (χ4n) is 2.13. The van der Waals surface area contributed by atoms with Crippen LogP contribution < -0.4 is 0 Å². The Morgan fingerprint density at radius 2 is 1.75 bits per heavy atom. The maximum absolute atomic E-state index is 2.37. The Morgan fingerprint density at radius 1 is 1.06 bits per heavy atom. The van der Waals surface area contributed by atoms with Gasteiger partial charge in [-0.25, -0.2) is 0 Å². The first-order chi connectivity index (χ1) is 7.63. The van der Waals surface area contributed by atoms with Gasteiger partial charge in [-0.05, 0) is 44.6 Å². The molecule has 0 aliphatic carbocycles. The van der Waals surface area contributed by atoms with Crippen molar-refractivity contribution in [2.24, 2.45) is 5.92 Å². The molecular weight excluding hydrogens is 192 g/mol. The second-order valence-corrected chi connectivity index (χ2v) is 5.04. The first-order valence-electron chi connectivity index (χ1n) is 6.97. The van der Waals surface area contributed by atoms with Gasteiger partial charge in [-0.1, -0.05) is 57.8 Å². The van der Waals surface area contributed by atoms with Gasteiger partial charge in [-0.15, -0.1) is 0 Å². The smallest absolute Gasteiger partial charge is 0.0191 e. The molecule has 16 heavy (non-hydrogen) atoms. The zero-order chi connectivity index (χ0) is 12.4. The highest BCUT2D eigenvalue weighted by atomic mass is 14.1. The molecule has 0 aliphatic rings. The fourth-order valence-corrected chi connectivity index (χ4v) is 2.13. The molecule has 1 atom stereocenters. The summed E-state index contributed by atoms with van der Waals surface area (Å²) in [4.78, 5) is 0. The molecule has 1 unspecified atom stereocenters. The van der Waals surface area contributed by atoms with Crippen LogP contribution in [-0.4, -0.2) is 0 Å². The van der Waals surface area contributed by atoms with Gasteiger partial charge in [0.1, 0.15) is 0 Å². The molecule has 0 saturated carbocycles. The Morgan fingerprint density at radius 3 is 2.25 bits per heavy atom. The normalized spacial score (nSPS) is 13.1. The summed E-state index contributed by atoms with van der Waals surface area (Å²) in [5, 5.41) is 0. The van der Waals surface area contributed by atoms with Crippen LogP contribution in [0.4, 0.5) is 0 Å². The third kappa shape index (κ3) is 6.87. The van der Waals surface area contributed by atoms with Crippen LogP contribution in [0.25, 0.3) is 0 Å². The molecule has 0 aromatic heterocycles. The fraction of sp³-hybridized carbons (Fsp3) is 0.750. The summed E-state index contributed by atoms with van der Waals surface area (Å²) in [5.74, 6) is 0.720. The molecular formula is C16H30. The van der Waals surface area contributed by atoms with Gasteiger partial charge >= 0.3 is 0 Å². The molecule has 0 fully saturated rings. The molecule has 0 rings (SSSR count). The Balaban J connectivity index is 4.20. The van der Waals surface area contributed by atoms with Crippen molar-refractivity contribution in [3.63, 3.8) is 0 Å². The van der Waals surface area contributed by atoms with Crippen molar-refractivity contribution in [2.75, 3.05) is 0 Å². The lowest BCUT2D eigenvalue weighted by molar-refractivity contribution is 0.607. The molecule has 0 saturated heterocycles. The Labute approximate surface area is 103 Å². The van der Waals surface area contributed by atoms with Crippen molar-refractivity contribution in [3.05, 3.63) is 23.3 Å². The molecule has 94 valence electrons. The Bertz CT molecular complexity index is 216. The van der Waals surface area contributed by atoms with Gasteiger partial charge in [0.2, 0.25) is 0 Å². The minimum absolute atomic E-state index is 0.720. The number of rotatable bonds is 8. The minimum atomic E-state index is 0.720. The maximum atomic E-state index is 2.37. The number of allylic oxidation sites excluding steroid dienone is 4. The van der Waals surface area contributed by atoms with Crippen LogP contribution in [-0.2, 0) is 0 Å². The van der Waals surface area contributed by atoms with Crippen LogP contribution in [0.1, 0.15) is 73.1 Å². The lowest BCUT2D eigenvalue weighted by Crippen LogP contribution is -1.98. The average Bonchev–Trinajstić information content (AvgIpc) is 2.23. The monoisotopic (exact) mass is 222 g/mol. The third-order valence-electron chi connectivity index (χ3n) is 3.10. The second-order valence-electron chi connectivity index (χ2n) is 5.04. The van der Waals surface area contributed by atoms with E-state index in [9.17, 15) is 0 Å². The highest BCUT2D eigenvalue weighted by molar-refractivity contribution is 5.25. The van der Waals surface area contributed by atoms with Gasteiger partial charge in [-0.2, -0.15) is 0 Å². The largest absolute Gasteiger partial charge is 0.0843 e. The molecule has 0 aromatic carbocycles. The van der Waals surface area contributed by atoms with Gasteiger partial charge in [0.15, 0.2) is 0 Å². The van der Waals surface area contributed by atoms with Crippen molar-refractivity contribution in [3.8, 4) is 0 Å². The molecule has 0 aromatic rings. The molecule has 0 heteroatoms. The lowest BCUT2D eigenvalue weighted by Gasteiger charge is -2.14. The van der Waals surface area contributed by atoms with E-state index in [-0.39, 0.29) is 0 Å². The molecule has 0 nitrogen and oxygen atoms in total. The van der Waals surface area contributed by atoms with E-state index in [2.05, 4.69) is 46.8 Å². The van der Waals surface area contributed by atoms with Gasteiger partial charge in [0, 0.05) is 0 Å². The first kappa shape index (κ1) is 15.5. The molecule has 0 N–H and O–H groups in total. The van der Waals surface area contributed by atoms with Gasteiger partial charge in [0.05, 0.1) is 0 Å². The SMILES string of the molecule is CCCCCC=CC(=C(C)C)C(C)CCC. The van der Waals surface area contributed by atoms with Crippen LogP contribution in [0.3, 0.4) is 0 Å². The summed E-state index contributed by atoms with van der Waals surface area (Å²) in [6, 6.07) is 0. The van der Waals surface area contributed by atoms with Crippen molar-refractivity contribution in [2.45, 2.75) is 73.1 Å². The third-order valence-corrected chi connectivity index (χ3v) is 3.10. The van der Waals surface area contributed by atoms with Crippen LogP contribution in [0.15, 0.2) is 23.3 Å². The zero-order valence-corrected chi connectivity index (χ0v) is 12.0. The molecule has 0 amide bonds. The minimum Gasteiger partial charge on any atom is -0.0843 e. The number of hydrogen-bond acceptors (Lipinski definition) is 0. The highest BCUT2D eigenvalue weighted by Crippen LogP contribution is 2.21. The Hall–Kier alpha value is -0.520. The van der Waals surface area contributed by atoms with Crippen molar-refractivity contribution in [1.82, 2.24) is 0 Å². The van der Waals surface area contributed by atoms with Crippen LogP contribution in [0.5, 0.6) is 0 Å². The highest BCUT2D eigenvalue weighted by Gasteiger charge is 2.05. The molecule has 0 bridgehead atoms. The van der Waals surface area contributed by atoms with E-state index in [1.165, 1.54) is 44.1 Å². The zero-order valence-electron chi connectivity index (χ0n) is 12.0. The van der Waals surface area contributed by atoms with Crippen LogP contribution in [0.2, 0.25) is 0 Å². The number of hydrogen-bond donors (Lipinski definition) is 0. The molecule has 0 aliphatic heterocycles. The summed E-state index contributed by atoms with van der Waals surface area (Å²) in [7, 11) is 0. The van der Waals surface area contributed by atoms with Crippen LogP contribution in [0, 0.1) is 5.92 Å². The Kier molecular flexibility index (Phi) is 9.37. The van der Waals surface area contributed by atoms with E-state index in [1.54, 1.807) is 5.57 Å². The summed E-state index contributed by atoms with van der Waals surface area (Å²) in [6.07, 6.45) is 12.6. The van der Waals surface area contributed by atoms with Gasteiger partial charge < -0.3 is 0 Å². The van der Waals surface area contributed by atoms with Crippen LogP contribution >= 0.6 is 0 Å². The van der Waals surface area contributed by atoms with E-state index in [1.807, 2.05) is 0 Å². The van der Waals surface area contributed by atoms with E-state index < -0.39 is 0 Å². The summed E-state index contributed by atoms with van der Waals surface area (Å²) in [5.41, 5.74) is 3.03. The standard InChI is InChI=1S/C16H30/c1-6-8-9-10-11-13-16(14(3)4)15(5)12-7-2/h11,13,15H,6-10,12H2,1-5H3. The predicted molar refractivity (Wildman–Crippen MR) is 75.7 cm³/mol. The molecule has 0 spiro atoms. The van der Waals surface area contributed by atoms with Crippen molar-refractivity contribution in [1.29, 1.82) is 0 Å².